The van der Waals surface area contributed by atoms with Gasteiger partial charge in [0.15, 0.2) is 6.10 Å². The van der Waals surface area contributed by atoms with Crippen LogP contribution in [0.3, 0.4) is 0 Å². The van der Waals surface area contributed by atoms with Crippen LogP contribution in [0.25, 0.3) is 0 Å². The number of esters is 2. The number of quaternary nitrogens is 1. The number of rotatable bonds is 50. The lowest BCUT2D eigenvalue weighted by Crippen LogP contribution is -2.40. The summed E-state index contributed by atoms with van der Waals surface area (Å²) in [5.41, 5.74) is 0. The highest BCUT2D eigenvalue weighted by Crippen LogP contribution is 2.14. The number of ether oxygens (including phenoxy) is 4. The van der Waals surface area contributed by atoms with E-state index >= 15 is 0 Å². The summed E-state index contributed by atoms with van der Waals surface area (Å²) in [6, 6.07) is 0. The molecule has 0 radical (unpaired) electrons. The number of aliphatic carboxylic acids is 1. The van der Waals surface area contributed by atoms with Gasteiger partial charge < -0.3 is 28.5 Å². The van der Waals surface area contributed by atoms with Crippen LogP contribution in [-0.2, 0) is 33.3 Å². The van der Waals surface area contributed by atoms with Gasteiger partial charge in [-0.2, -0.15) is 0 Å². The molecule has 0 heterocycles. The Morgan fingerprint density at radius 3 is 1.11 bits per heavy atom. The van der Waals surface area contributed by atoms with Gasteiger partial charge in [0.25, 0.3) is 6.29 Å². The predicted molar refractivity (Wildman–Crippen MR) is 308 cm³/mol. The number of carboxylic acid groups (broad SMARTS) is 1. The molecule has 0 aliphatic heterocycles. The van der Waals surface area contributed by atoms with Crippen molar-refractivity contribution in [2.75, 3.05) is 47.5 Å². The van der Waals surface area contributed by atoms with Crippen molar-refractivity contribution in [2.45, 2.75) is 206 Å². The maximum Gasteiger partial charge on any atom is 0.361 e. The van der Waals surface area contributed by atoms with E-state index in [-0.39, 0.29) is 38.6 Å². The minimum Gasteiger partial charge on any atom is -0.477 e. The largest absolute Gasteiger partial charge is 0.477 e. The third-order valence-corrected chi connectivity index (χ3v) is 11.4. The Bertz CT molecular complexity index is 1650. The molecule has 0 rings (SSSR count). The number of carbonyl (C=O) groups is 3. The highest BCUT2D eigenvalue weighted by atomic mass is 16.7. The molecule has 9 heteroatoms. The molecular formula is C64H104NO8+. The lowest BCUT2D eigenvalue weighted by molar-refractivity contribution is -0.870. The van der Waals surface area contributed by atoms with E-state index in [4.69, 9.17) is 18.9 Å². The molecule has 0 amide bonds. The third kappa shape index (κ3) is 55.0. The molecule has 0 bridgehead atoms. The van der Waals surface area contributed by atoms with Crippen LogP contribution in [-0.4, -0.2) is 87.4 Å². The molecule has 0 saturated carbocycles. The van der Waals surface area contributed by atoms with Crippen LogP contribution in [0.1, 0.15) is 194 Å². The van der Waals surface area contributed by atoms with E-state index in [1.807, 2.05) is 21.1 Å². The normalized spacial score (nSPS) is 13.8. The highest BCUT2D eigenvalue weighted by molar-refractivity contribution is 5.71. The molecule has 412 valence electrons. The van der Waals surface area contributed by atoms with Crippen LogP contribution in [0.15, 0.2) is 134 Å². The standard InChI is InChI=1S/C64H103NO8/c1-6-8-10-12-14-16-18-20-22-24-26-28-30-31-33-35-37-39-41-43-45-47-49-51-53-55-62(67)73-60(59-72-64(63(68)69)70-57-56-65(3,4)5)58-71-61(66)54-52-50-48-46-44-42-40-38-36-34-32-29-27-25-23-21-19-17-15-13-11-9-7-2/h8-11,14-17,20-23,26-29,31,33,37,39,43,45,60,64H,6-7,12-13,18-19,24-25,30,32,34-36,38,40-42,44,46-59H2,1-5H3/p+1/b10-8-,11-9-,16-14-,17-15-,22-20-,23-21-,28-26-,29-27-,33-31-,39-37-,45-43-. The number of carbonyl (C=O) groups excluding carboxylic acids is 2. The van der Waals surface area contributed by atoms with Crippen molar-refractivity contribution in [3.05, 3.63) is 134 Å². The van der Waals surface area contributed by atoms with Gasteiger partial charge in [-0.1, -0.05) is 205 Å². The van der Waals surface area contributed by atoms with Gasteiger partial charge in [0.1, 0.15) is 13.2 Å². The van der Waals surface area contributed by atoms with E-state index in [1.165, 1.54) is 38.5 Å². The molecule has 1 N–H and O–H groups in total. The minimum absolute atomic E-state index is 0.172. The lowest BCUT2D eigenvalue weighted by atomic mass is 10.1. The van der Waals surface area contributed by atoms with E-state index in [2.05, 4.69) is 148 Å². The first-order valence-corrected chi connectivity index (χ1v) is 28.3. The number of hydrogen-bond donors (Lipinski definition) is 1. The maximum atomic E-state index is 12.9. The molecule has 2 unspecified atom stereocenters. The van der Waals surface area contributed by atoms with Crippen molar-refractivity contribution in [1.82, 2.24) is 0 Å². The Morgan fingerprint density at radius 1 is 0.411 bits per heavy atom. The Labute approximate surface area is 446 Å². The Kier molecular flexibility index (Phi) is 50.4. The van der Waals surface area contributed by atoms with Crippen LogP contribution >= 0.6 is 0 Å². The number of unbranched alkanes of at least 4 members (excludes halogenated alkanes) is 13. The van der Waals surface area contributed by atoms with Crippen LogP contribution < -0.4 is 0 Å². The molecule has 0 fully saturated rings. The van der Waals surface area contributed by atoms with Gasteiger partial charge >= 0.3 is 17.9 Å². The summed E-state index contributed by atoms with van der Waals surface area (Å²) in [5.74, 6) is -2.07. The van der Waals surface area contributed by atoms with Gasteiger partial charge in [-0.25, -0.2) is 4.79 Å². The van der Waals surface area contributed by atoms with Gasteiger partial charge in [-0.05, 0) is 109 Å². The summed E-state index contributed by atoms with van der Waals surface area (Å²) >= 11 is 0. The summed E-state index contributed by atoms with van der Waals surface area (Å²) in [4.78, 5) is 37.4. The number of nitrogens with zero attached hydrogens (tertiary/aromatic N) is 1. The minimum atomic E-state index is -1.53. The molecule has 0 aromatic rings. The van der Waals surface area contributed by atoms with E-state index in [0.29, 0.717) is 17.4 Å². The van der Waals surface area contributed by atoms with Gasteiger partial charge in [0, 0.05) is 12.8 Å². The fourth-order valence-corrected chi connectivity index (χ4v) is 7.10. The Hall–Kier alpha value is -4.57. The maximum absolute atomic E-state index is 12.9. The van der Waals surface area contributed by atoms with E-state index in [9.17, 15) is 19.5 Å². The second kappa shape index (κ2) is 53.7. The number of allylic oxidation sites excluding steroid dienone is 22. The van der Waals surface area contributed by atoms with Crippen LogP contribution in [0, 0.1) is 0 Å². The van der Waals surface area contributed by atoms with Crippen molar-refractivity contribution in [1.29, 1.82) is 0 Å². The monoisotopic (exact) mass is 1010 g/mol. The molecule has 9 nitrogen and oxygen atoms in total. The predicted octanol–water partition coefficient (Wildman–Crippen LogP) is 16.7. The zero-order valence-corrected chi connectivity index (χ0v) is 46.7. The molecule has 0 saturated heterocycles. The SMILES string of the molecule is CC/C=C\C/C=C\C/C=C\C/C=C\C/C=C\C/C=C\C/C=C\CCCCCC(=O)OC(COC(=O)CCCCCCCCCCCC/C=C\C/C=C\C/C=C\C/C=C\CC)COC(OCC[N+](C)(C)C)C(=O)O. The second-order valence-electron chi connectivity index (χ2n) is 19.5. The summed E-state index contributed by atoms with van der Waals surface area (Å²) in [6.45, 7) is 4.58. The molecule has 2 atom stereocenters. The lowest BCUT2D eigenvalue weighted by Gasteiger charge is -2.25. The fraction of sp³-hybridized carbons (Fsp3) is 0.609. The van der Waals surface area contributed by atoms with Gasteiger partial charge in [0.2, 0.25) is 0 Å². The van der Waals surface area contributed by atoms with Crippen molar-refractivity contribution in [3.63, 3.8) is 0 Å². The average Bonchev–Trinajstić information content (AvgIpc) is 3.36. The van der Waals surface area contributed by atoms with Gasteiger partial charge in [-0.3, -0.25) is 9.59 Å². The summed E-state index contributed by atoms with van der Waals surface area (Å²) in [7, 11) is 5.94. The Balaban J connectivity index is 4.39. The van der Waals surface area contributed by atoms with Crippen LogP contribution in [0.4, 0.5) is 0 Å². The topological polar surface area (TPSA) is 108 Å². The number of likely N-dealkylation sites (N-methyl/N-ethyl adjacent to an activating group) is 1. The van der Waals surface area contributed by atoms with E-state index in [0.717, 1.165) is 122 Å². The summed E-state index contributed by atoms with van der Waals surface area (Å²) < 4.78 is 22.8. The van der Waals surface area contributed by atoms with Crippen molar-refractivity contribution < 1.29 is 42.9 Å². The third-order valence-electron chi connectivity index (χ3n) is 11.4. The molecule has 0 aromatic heterocycles. The molecular weight excluding hydrogens is 911 g/mol. The quantitative estimate of drug-likeness (QED) is 0.0211. The smallest absolute Gasteiger partial charge is 0.361 e. The fourth-order valence-electron chi connectivity index (χ4n) is 7.10. The second-order valence-corrected chi connectivity index (χ2v) is 19.5. The average molecular weight is 1020 g/mol. The zero-order valence-electron chi connectivity index (χ0n) is 46.7. The zero-order chi connectivity index (χ0) is 53.4. The van der Waals surface area contributed by atoms with Crippen LogP contribution in [0.5, 0.6) is 0 Å². The number of carboxylic acids is 1. The van der Waals surface area contributed by atoms with E-state index in [1.54, 1.807) is 0 Å². The van der Waals surface area contributed by atoms with Crippen molar-refractivity contribution in [2.24, 2.45) is 0 Å². The molecule has 73 heavy (non-hydrogen) atoms. The Morgan fingerprint density at radius 2 is 0.740 bits per heavy atom. The van der Waals surface area contributed by atoms with Crippen LogP contribution in [0.2, 0.25) is 0 Å². The van der Waals surface area contributed by atoms with Gasteiger partial charge in [0.05, 0.1) is 34.4 Å². The first-order valence-electron chi connectivity index (χ1n) is 28.3. The first kappa shape index (κ1) is 68.4. The number of hydrogen-bond acceptors (Lipinski definition) is 7. The van der Waals surface area contributed by atoms with Gasteiger partial charge in [-0.15, -0.1) is 0 Å². The molecule has 0 aliphatic rings. The summed E-state index contributed by atoms with van der Waals surface area (Å²) in [5, 5.41) is 9.70. The molecule has 0 aliphatic carbocycles. The summed E-state index contributed by atoms with van der Waals surface area (Å²) in [6.07, 6.45) is 73.8. The molecule has 0 spiro atoms. The van der Waals surface area contributed by atoms with E-state index < -0.39 is 24.3 Å². The van der Waals surface area contributed by atoms with Crippen molar-refractivity contribution in [3.8, 4) is 0 Å². The first-order chi connectivity index (χ1) is 35.6. The molecule has 0 aromatic carbocycles. The van der Waals surface area contributed by atoms with Crippen molar-refractivity contribution >= 4 is 17.9 Å². The highest BCUT2D eigenvalue weighted by Gasteiger charge is 2.25.